The third-order valence-corrected chi connectivity index (χ3v) is 2.59. The molecule has 0 saturated heterocycles. The van der Waals surface area contributed by atoms with Crippen LogP contribution in [0.5, 0.6) is 0 Å². The minimum atomic E-state index is -0.471. The number of furan rings is 1. The van der Waals surface area contributed by atoms with Crippen molar-refractivity contribution in [2.75, 3.05) is 7.11 Å². The monoisotopic (exact) mass is 280 g/mol. The molecule has 0 amide bonds. The lowest BCUT2D eigenvalue weighted by atomic mass is 10.2. The number of esters is 1. The molecular weight excluding hydrogens is 272 g/mol. The molecule has 2 aromatic rings. The summed E-state index contributed by atoms with van der Waals surface area (Å²) < 4.78 is 10.9. The summed E-state index contributed by atoms with van der Waals surface area (Å²) in [6.07, 6.45) is 0. The maximum absolute atomic E-state index is 11.2. The molecule has 0 fully saturated rings. The molecule has 0 unspecified atom stereocenters. The Balaban J connectivity index is 2.35. The fraction of sp³-hybridized carbons (Fsp3) is 0.0833. The van der Waals surface area contributed by atoms with Gasteiger partial charge in [0.05, 0.1) is 7.11 Å². The fourth-order valence-corrected chi connectivity index (χ4v) is 1.74. The van der Waals surface area contributed by atoms with Gasteiger partial charge in [-0.05, 0) is 24.3 Å². The standard InChI is InChI=1S/C12H9BrO3/c1-15-12(14)11-6-5-10(16-11)8-3-2-4-9(13)7-8/h2-7H,1H3. The summed E-state index contributed by atoms with van der Waals surface area (Å²) in [4.78, 5) is 11.2. The normalized spacial score (nSPS) is 10.1. The number of rotatable bonds is 2. The third kappa shape index (κ3) is 2.17. The Kier molecular flexibility index (Phi) is 3.10. The molecule has 0 aliphatic heterocycles. The van der Waals surface area contributed by atoms with E-state index in [4.69, 9.17) is 4.42 Å². The summed E-state index contributed by atoms with van der Waals surface area (Å²) in [5.41, 5.74) is 0.907. The Morgan fingerprint density at radius 1 is 1.31 bits per heavy atom. The SMILES string of the molecule is COC(=O)c1ccc(-c2cccc(Br)c2)o1. The minimum absolute atomic E-state index is 0.206. The summed E-state index contributed by atoms with van der Waals surface area (Å²) in [5.74, 6) is 0.375. The second kappa shape index (κ2) is 4.53. The molecule has 3 nitrogen and oxygen atoms in total. The topological polar surface area (TPSA) is 39.4 Å². The number of methoxy groups -OCH3 is 1. The highest BCUT2D eigenvalue weighted by atomic mass is 79.9. The second-order valence-electron chi connectivity index (χ2n) is 3.17. The summed E-state index contributed by atoms with van der Waals surface area (Å²) in [6.45, 7) is 0. The van der Waals surface area contributed by atoms with Crippen LogP contribution in [0.1, 0.15) is 10.6 Å². The van der Waals surface area contributed by atoms with Gasteiger partial charge in [-0.2, -0.15) is 0 Å². The van der Waals surface area contributed by atoms with Crippen LogP contribution in [0.3, 0.4) is 0 Å². The second-order valence-corrected chi connectivity index (χ2v) is 4.08. The predicted molar refractivity (Wildman–Crippen MR) is 63.2 cm³/mol. The van der Waals surface area contributed by atoms with E-state index in [1.54, 1.807) is 12.1 Å². The molecule has 0 aliphatic carbocycles. The van der Waals surface area contributed by atoms with E-state index in [1.807, 2.05) is 24.3 Å². The molecule has 0 bridgehead atoms. The van der Waals surface area contributed by atoms with Gasteiger partial charge in [0, 0.05) is 10.0 Å². The van der Waals surface area contributed by atoms with E-state index in [2.05, 4.69) is 20.7 Å². The summed E-state index contributed by atoms with van der Waals surface area (Å²) in [7, 11) is 1.32. The lowest BCUT2D eigenvalue weighted by Gasteiger charge is -1.97. The molecule has 1 heterocycles. The molecule has 1 aromatic carbocycles. The first-order valence-electron chi connectivity index (χ1n) is 4.65. The Morgan fingerprint density at radius 2 is 2.12 bits per heavy atom. The lowest BCUT2D eigenvalue weighted by Crippen LogP contribution is -1.98. The molecule has 0 N–H and O–H groups in total. The van der Waals surface area contributed by atoms with Gasteiger partial charge >= 0.3 is 5.97 Å². The molecule has 0 spiro atoms. The number of benzene rings is 1. The molecule has 1 aromatic heterocycles. The number of hydrogen-bond acceptors (Lipinski definition) is 3. The fourth-order valence-electron chi connectivity index (χ4n) is 1.35. The molecule has 0 atom stereocenters. The quantitative estimate of drug-likeness (QED) is 0.791. The van der Waals surface area contributed by atoms with E-state index in [0.717, 1.165) is 10.0 Å². The van der Waals surface area contributed by atoms with Gasteiger partial charge in [-0.1, -0.05) is 28.1 Å². The van der Waals surface area contributed by atoms with E-state index >= 15 is 0 Å². The number of halogens is 1. The van der Waals surface area contributed by atoms with E-state index in [0.29, 0.717) is 5.76 Å². The van der Waals surface area contributed by atoms with E-state index in [9.17, 15) is 4.79 Å². The van der Waals surface area contributed by atoms with Crippen molar-refractivity contribution in [2.45, 2.75) is 0 Å². The van der Waals surface area contributed by atoms with Gasteiger partial charge in [-0.25, -0.2) is 4.79 Å². The van der Waals surface area contributed by atoms with Crippen LogP contribution < -0.4 is 0 Å². The van der Waals surface area contributed by atoms with Crippen molar-refractivity contribution >= 4 is 21.9 Å². The molecule has 4 heteroatoms. The van der Waals surface area contributed by atoms with Gasteiger partial charge in [0.1, 0.15) is 5.76 Å². The van der Waals surface area contributed by atoms with Crippen molar-refractivity contribution in [3.05, 3.63) is 46.6 Å². The van der Waals surface area contributed by atoms with Crippen LogP contribution in [0, 0.1) is 0 Å². The maximum atomic E-state index is 11.2. The summed E-state index contributed by atoms with van der Waals surface area (Å²) >= 11 is 3.38. The Morgan fingerprint density at radius 3 is 2.81 bits per heavy atom. The van der Waals surface area contributed by atoms with E-state index in [1.165, 1.54) is 7.11 Å². The first kappa shape index (κ1) is 11.0. The van der Waals surface area contributed by atoms with Crippen molar-refractivity contribution < 1.29 is 13.9 Å². The average Bonchev–Trinajstić information content (AvgIpc) is 2.77. The summed E-state index contributed by atoms with van der Waals surface area (Å²) in [5, 5.41) is 0. The van der Waals surface area contributed by atoms with Gasteiger partial charge in [0.25, 0.3) is 0 Å². The Hall–Kier alpha value is -1.55. The molecule has 0 saturated carbocycles. The van der Waals surface area contributed by atoms with Crippen LogP contribution in [0.15, 0.2) is 45.3 Å². The van der Waals surface area contributed by atoms with Gasteiger partial charge < -0.3 is 9.15 Å². The zero-order chi connectivity index (χ0) is 11.5. The summed E-state index contributed by atoms with van der Waals surface area (Å²) in [6, 6.07) is 11.0. The Labute approximate surface area is 101 Å². The average molecular weight is 281 g/mol. The predicted octanol–water partition coefficient (Wildman–Crippen LogP) is 3.50. The first-order chi connectivity index (χ1) is 7.70. The van der Waals surface area contributed by atoms with Gasteiger partial charge in [0.15, 0.2) is 0 Å². The third-order valence-electron chi connectivity index (χ3n) is 2.10. The molecule has 16 heavy (non-hydrogen) atoms. The highest BCUT2D eigenvalue weighted by Gasteiger charge is 2.11. The van der Waals surface area contributed by atoms with Crippen LogP contribution in [0.2, 0.25) is 0 Å². The lowest BCUT2D eigenvalue weighted by molar-refractivity contribution is 0.0566. The van der Waals surface area contributed by atoms with Crippen molar-refractivity contribution in [3.63, 3.8) is 0 Å². The van der Waals surface area contributed by atoms with Crippen molar-refractivity contribution in [2.24, 2.45) is 0 Å². The van der Waals surface area contributed by atoms with Crippen LogP contribution in [-0.2, 0) is 4.74 Å². The number of ether oxygens (including phenoxy) is 1. The highest BCUT2D eigenvalue weighted by Crippen LogP contribution is 2.25. The van der Waals surface area contributed by atoms with E-state index < -0.39 is 5.97 Å². The molecule has 0 aliphatic rings. The minimum Gasteiger partial charge on any atom is -0.463 e. The van der Waals surface area contributed by atoms with Crippen molar-refractivity contribution in [1.82, 2.24) is 0 Å². The number of carbonyl (C=O) groups is 1. The van der Waals surface area contributed by atoms with Crippen LogP contribution in [0.25, 0.3) is 11.3 Å². The molecule has 82 valence electrons. The zero-order valence-corrected chi connectivity index (χ0v) is 10.2. The molecule has 0 radical (unpaired) electrons. The van der Waals surface area contributed by atoms with Crippen LogP contribution in [0.4, 0.5) is 0 Å². The maximum Gasteiger partial charge on any atom is 0.373 e. The van der Waals surface area contributed by atoms with Crippen LogP contribution >= 0.6 is 15.9 Å². The number of carbonyl (C=O) groups excluding carboxylic acids is 1. The van der Waals surface area contributed by atoms with Crippen molar-refractivity contribution in [3.8, 4) is 11.3 Å². The smallest absolute Gasteiger partial charge is 0.373 e. The molecule has 2 rings (SSSR count). The first-order valence-corrected chi connectivity index (χ1v) is 5.44. The number of hydrogen-bond donors (Lipinski definition) is 0. The van der Waals surface area contributed by atoms with Gasteiger partial charge in [0.2, 0.25) is 5.76 Å². The zero-order valence-electron chi connectivity index (χ0n) is 8.57. The largest absolute Gasteiger partial charge is 0.463 e. The van der Waals surface area contributed by atoms with Gasteiger partial charge in [-0.3, -0.25) is 0 Å². The van der Waals surface area contributed by atoms with Crippen molar-refractivity contribution in [1.29, 1.82) is 0 Å². The van der Waals surface area contributed by atoms with E-state index in [-0.39, 0.29) is 5.76 Å². The van der Waals surface area contributed by atoms with Gasteiger partial charge in [-0.15, -0.1) is 0 Å². The molecular formula is C12H9BrO3. The highest BCUT2D eigenvalue weighted by molar-refractivity contribution is 9.10. The Bertz CT molecular complexity index is 516. The van der Waals surface area contributed by atoms with Crippen LogP contribution in [-0.4, -0.2) is 13.1 Å².